The fourth-order valence-corrected chi connectivity index (χ4v) is 2.64. The predicted octanol–water partition coefficient (Wildman–Crippen LogP) is 2.05. The van der Waals surface area contributed by atoms with Crippen molar-refractivity contribution in [2.75, 3.05) is 13.6 Å². The summed E-state index contributed by atoms with van der Waals surface area (Å²) in [4.78, 5) is 33.0. The maximum atomic E-state index is 11.6. The molecular weight excluding hydrogens is 424 g/mol. The minimum Gasteiger partial charge on any atom is -0.480 e. The second kappa shape index (κ2) is 11.2. The van der Waals surface area contributed by atoms with Gasteiger partial charge in [0, 0.05) is 5.56 Å². The average molecular weight is 451 g/mol. The van der Waals surface area contributed by atoms with E-state index in [0.29, 0.717) is 11.3 Å². The van der Waals surface area contributed by atoms with E-state index < -0.39 is 21.4 Å². The minimum atomic E-state index is -3.46. The van der Waals surface area contributed by atoms with Crippen molar-refractivity contribution >= 4 is 27.9 Å². The van der Waals surface area contributed by atoms with Crippen molar-refractivity contribution in [3.8, 4) is 5.75 Å². The summed E-state index contributed by atoms with van der Waals surface area (Å²) in [5.41, 5.74) is -0.140. The lowest BCUT2D eigenvalue weighted by Gasteiger charge is -2.16. The Morgan fingerprint density at radius 3 is 1.97 bits per heavy atom. The van der Waals surface area contributed by atoms with Crippen molar-refractivity contribution in [1.82, 2.24) is 10.0 Å². The number of rotatable bonds is 6. The van der Waals surface area contributed by atoms with Crippen molar-refractivity contribution in [3.05, 3.63) is 60.2 Å². The van der Waals surface area contributed by atoms with Gasteiger partial charge in [-0.1, -0.05) is 18.2 Å². The van der Waals surface area contributed by atoms with Crippen molar-refractivity contribution in [3.63, 3.8) is 0 Å². The molecule has 0 aliphatic heterocycles. The van der Waals surface area contributed by atoms with E-state index in [1.54, 1.807) is 51.1 Å². The minimum absolute atomic E-state index is 0.126. The number of carboxylic acids is 1. The van der Waals surface area contributed by atoms with E-state index in [4.69, 9.17) is 9.84 Å². The molecule has 0 radical (unpaired) electrons. The number of sulfonamides is 1. The van der Waals surface area contributed by atoms with Crippen molar-refractivity contribution in [2.24, 2.45) is 5.41 Å². The summed E-state index contributed by atoms with van der Waals surface area (Å²) < 4.78 is 30.3. The SMILES string of the molecule is CNS(=O)(=O)c1ccc(OC(=O)C(C)(C)C)cc1.O=C(O)CNC(=O)c1ccccc1. The van der Waals surface area contributed by atoms with Crippen LogP contribution in [0.2, 0.25) is 0 Å². The second-order valence-corrected chi connectivity index (χ2v) is 9.15. The predicted molar refractivity (Wildman–Crippen MR) is 114 cm³/mol. The molecule has 0 spiro atoms. The maximum Gasteiger partial charge on any atom is 0.322 e. The zero-order valence-corrected chi connectivity index (χ0v) is 18.5. The van der Waals surface area contributed by atoms with Gasteiger partial charge in [0.2, 0.25) is 10.0 Å². The molecule has 0 fully saturated rings. The van der Waals surface area contributed by atoms with E-state index in [9.17, 15) is 22.8 Å². The molecule has 0 saturated heterocycles. The zero-order chi connectivity index (χ0) is 23.7. The first-order valence-corrected chi connectivity index (χ1v) is 10.7. The highest BCUT2D eigenvalue weighted by atomic mass is 32.2. The van der Waals surface area contributed by atoms with Crippen LogP contribution in [0.25, 0.3) is 0 Å². The van der Waals surface area contributed by atoms with Crippen LogP contribution in [0.15, 0.2) is 59.5 Å². The summed E-state index contributed by atoms with van der Waals surface area (Å²) >= 11 is 0. The van der Waals surface area contributed by atoms with Gasteiger partial charge in [0.1, 0.15) is 12.3 Å². The van der Waals surface area contributed by atoms with Gasteiger partial charge in [-0.15, -0.1) is 0 Å². The molecule has 31 heavy (non-hydrogen) atoms. The number of carbonyl (C=O) groups excluding carboxylic acids is 2. The lowest BCUT2D eigenvalue weighted by Crippen LogP contribution is -2.29. The second-order valence-electron chi connectivity index (χ2n) is 7.26. The zero-order valence-electron chi connectivity index (χ0n) is 17.7. The normalized spacial score (nSPS) is 11.0. The molecule has 168 valence electrons. The summed E-state index contributed by atoms with van der Waals surface area (Å²) in [6.45, 7) is 4.88. The molecule has 0 heterocycles. The number of ether oxygens (including phenoxy) is 1. The monoisotopic (exact) mass is 450 g/mol. The first-order valence-electron chi connectivity index (χ1n) is 9.17. The number of esters is 1. The Morgan fingerprint density at radius 1 is 0.968 bits per heavy atom. The van der Waals surface area contributed by atoms with E-state index in [2.05, 4.69) is 10.0 Å². The molecule has 10 heteroatoms. The van der Waals surface area contributed by atoms with Crippen molar-refractivity contribution in [1.29, 1.82) is 0 Å². The van der Waals surface area contributed by atoms with Gasteiger partial charge in [0.25, 0.3) is 5.91 Å². The Morgan fingerprint density at radius 2 is 1.52 bits per heavy atom. The standard InChI is InChI=1S/C12H17NO4S.C9H9NO3/c1-12(2,3)11(14)17-9-5-7-10(8-6-9)18(15,16)13-4;11-8(12)6-10-9(13)7-4-2-1-3-5-7/h5-8,13H,1-4H3;1-5H,6H2,(H,10,13)(H,11,12). The number of amides is 1. The van der Waals surface area contributed by atoms with Crippen LogP contribution in [-0.4, -0.2) is 45.0 Å². The molecule has 0 aliphatic rings. The van der Waals surface area contributed by atoms with Crippen LogP contribution in [-0.2, 0) is 19.6 Å². The molecule has 0 aliphatic carbocycles. The summed E-state index contributed by atoms with van der Waals surface area (Å²) in [7, 11) is -2.13. The Labute approximate surface area is 181 Å². The summed E-state index contributed by atoms with van der Waals surface area (Å²) in [6, 6.07) is 14.1. The van der Waals surface area contributed by atoms with E-state index in [1.165, 1.54) is 31.3 Å². The fraction of sp³-hybridized carbons (Fsp3) is 0.286. The fourth-order valence-electron chi connectivity index (χ4n) is 1.91. The average Bonchev–Trinajstić information content (AvgIpc) is 2.72. The molecule has 2 rings (SSSR count). The number of hydrogen-bond donors (Lipinski definition) is 3. The lowest BCUT2D eigenvalue weighted by molar-refractivity contribution is -0.143. The molecular formula is C21H26N2O7S. The van der Waals surface area contributed by atoms with Crippen molar-refractivity contribution in [2.45, 2.75) is 25.7 Å². The number of nitrogens with one attached hydrogen (secondary N) is 2. The number of hydrogen-bond acceptors (Lipinski definition) is 6. The van der Waals surface area contributed by atoms with Gasteiger partial charge in [-0.05, 0) is 64.2 Å². The van der Waals surface area contributed by atoms with Crippen LogP contribution >= 0.6 is 0 Å². The van der Waals surface area contributed by atoms with Gasteiger partial charge in [-0.3, -0.25) is 14.4 Å². The summed E-state index contributed by atoms with van der Waals surface area (Å²) in [5.74, 6) is -1.47. The maximum absolute atomic E-state index is 11.6. The van der Waals surface area contributed by atoms with Crippen LogP contribution in [0.3, 0.4) is 0 Å². The Balaban J connectivity index is 0.000000327. The van der Waals surface area contributed by atoms with Gasteiger partial charge < -0.3 is 15.2 Å². The number of carbonyl (C=O) groups is 3. The molecule has 0 atom stereocenters. The van der Waals surface area contributed by atoms with Crippen LogP contribution in [0.1, 0.15) is 31.1 Å². The van der Waals surface area contributed by atoms with Crippen LogP contribution in [0.5, 0.6) is 5.75 Å². The molecule has 9 nitrogen and oxygen atoms in total. The quantitative estimate of drug-likeness (QED) is 0.452. The molecule has 2 aromatic carbocycles. The molecule has 1 amide bonds. The third kappa shape index (κ3) is 8.97. The van der Waals surface area contributed by atoms with E-state index in [0.717, 1.165) is 0 Å². The van der Waals surface area contributed by atoms with E-state index >= 15 is 0 Å². The molecule has 0 unspecified atom stereocenters. The van der Waals surface area contributed by atoms with Gasteiger partial charge in [0.05, 0.1) is 10.3 Å². The smallest absolute Gasteiger partial charge is 0.322 e. The van der Waals surface area contributed by atoms with Crippen molar-refractivity contribution < 1.29 is 32.6 Å². The largest absolute Gasteiger partial charge is 0.480 e. The van der Waals surface area contributed by atoms with Gasteiger partial charge in [-0.25, -0.2) is 13.1 Å². The number of carboxylic acid groups (broad SMARTS) is 1. The third-order valence-corrected chi connectivity index (χ3v) is 5.09. The third-order valence-electron chi connectivity index (χ3n) is 3.66. The Kier molecular flexibility index (Phi) is 9.35. The molecule has 3 N–H and O–H groups in total. The molecule has 0 aromatic heterocycles. The highest BCUT2D eigenvalue weighted by molar-refractivity contribution is 7.89. The molecule has 0 saturated carbocycles. The van der Waals surface area contributed by atoms with Crippen LogP contribution in [0.4, 0.5) is 0 Å². The highest BCUT2D eigenvalue weighted by Crippen LogP contribution is 2.20. The van der Waals surface area contributed by atoms with Gasteiger partial charge in [-0.2, -0.15) is 0 Å². The van der Waals surface area contributed by atoms with Gasteiger partial charge in [0.15, 0.2) is 0 Å². The molecule has 0 bridgehead atoms. The topological polar surface area (TPSA) is 139 Å². The first-order chi connectivity index (χ1) is 14.4. The lowest BCUT2D eigenvalue weighted by atomic mass is 9.97. The van der Waals surface area contributed by atoms with Crippen LogP contribution < -0.4 is 14.8 Å². The first kappa shape index (κ1) is 25.8. The van der Waals surface area contributed by atoms with Gasteiger partial charge >= 0.3 is 11.9 Å². The van der Waals surface area contributed by atoms with E-state index in [1.807, 2.05) is 0 Å². The highest BCUT2D eigenvalue weighted by Gasteiger charge is 2.23. The molecule has 2 aromatic rings. The Hall–Kier alpha value is -3.24. The number of aliphatic carboxylic acids is 1. The van der Waals surface area contributed by atoms with Crippen LogP contribution in [0, 0.1) is 5.41 Å². The number of benzene rings is 2. The van der Waals surface area contributed by atoms with E-state index in [-0.39, 0.29) is 23.3 Å². The summed E-state index contributed by atoms with van der Waals surface area (Å²) in [6.07, 6.45) is 0. The summed E-state index contributed by atoms with van der Waals surface area (Å²) in [5, 5.41) is 10.6. The Bertz CT molecular complexity index is 996.